The molecule has 10 heteroatoms. The fourth-order valence-electron chi connectivity index (χ4n) is 2.21. The van der Waals surface area contributed by atoms with Crippen molar-refractivity contribution in [1.29, 1.82) is 0 Å². The number of rotatable bonds is 7. The molecule has 7 nitrogen and oxygen atoms in total. The topological polar surface area (TPSA) is 110 Å². The van der Waals surface area contributed by atoms with Gasteiger partial charge in [-0.15, -0.1) is 12.4 Å². The molecule has 128 valence electrons. The second-order valence-electron chi connectivity index (χ2n) is 5.23. The Bertz CT molecular complexity index is 508. The van der Waals surface area contributed by atoms with Gasteiger partial charge in [-0.3, -0.25) is 0 Å². The number of piperidine rings is 1. The van der Waals surface area contributed by atoms with Crippen LogP contribution in [0, 0.1) is 5.92 Å². The first-order valence-electron chi connectivity index (χ1n) is 6.88. The maximum atomic E-state index is 12.2. The minimum atomic E-state index is -3.43. The molecule has 0 saturated carbocycles. The third-order valence-corrected chi connectivity index (χ3v) is 6.86. The molecule has 2 unspecified atom stereocenters. The molecule has 1 heterocycles. The summed E-state index contributed by atoms with van der Waals surface area (Å²) in [5.74, 6) is -0.0904. The Labute approximate surface area is 134 Å². The molecule has 1 aliphatic heterocycles. The summed E-state index contributed by atoms with van der Waals surface area (Å²) in [5, 5.41) is 0. The predicted octanol–water partition coefficient (Wildman–Crippen LogP) is -0.263. The molecule has 0 aliphatic carbocycles. The Hall–Kier alpha value is 0.0700. The van der Waals surface area contributed by atoms with Crippen molar-refractivity contribution in [3.63, 3.8) is 0 Å². The number of hydrogen-bond acceptors (Lipinski definition) is 5. The molecule has 0 bridgehead atoms. The minimum absolute atomic E-state index is 0. The van der Waals surface area contributed by atoms with Crippen molar-refractivity contribution in [2.45, 2.75) is 32.7 Å². The van der Waals surface area contributed by atoms with Gasteiger partial charge in [0, 0.05) is 25.7 Å². The highest BCUT2D eigenvalue weighted by molar-refractivity contribution is 7.90. The summed E-state index contributed by atoms with van der Waals surface area (Å²) in [6, 6.07) is -0.0356. The van der Waals surface area contributed by atoms with E-state index >= 15 is 0 Å². The fraction of sp³-hybridized carbons (Fsp3) is 1.00. The number of nitrogens with one attached hydrogen (secondary N) is 1. The zero-order chi connectivity index (χ0) is 15.4. The van der Waals surface area contributed by atoms with E-state index in [1.165, 1.54) is 11.2 Å². The summed E-state index contributed by atoms with van der Waals surface area (Å²) in [6.07, 6.45) is 1.73. The summed E-state index contributed by atoms with van der Waals surface area (Å²) < 4.78 is 50.6. The first-order valence-corrected chi connectivity index (χ1v) is 10.1. The highest BCUT2D eigenvalue weighted by Crippen LogP contribution is 2.21. The van der Waals surface area contributed by atoms with Crippen molar-refractivity contribution in [2.75, 3.05) is 31.1 Å². The Morgan fingerprint density at radius 2 is 1.95 bits per heavy atom. The van der Waals surface area contributed by atoms with Gasteiger partial charge in [-0.2, -0.15) is 0 Å². The predicted molar refractivity (Wildman–Crippen MR) is 86.4 cm³/mol. The summed E-state index contributed by atoms with van der Waals surface area (Å²) in [6.45, 7) is 4.23. The van der Waals surface area contributed by atoms with Gasteiger partial charge in [0.05, 0.1) is 11.5 Å². The van der Waals surface area contributed by atoms with E-state index < -0.39 is 20.0 Å². The molecule has 21 heavy (non-hydrogen) atoms. The summed E-state index contributed by atoms with van der Waals surface area (Å²) >= 11 is 0. The van der Waals surface area contributed by atoms with E-state index in [9.17, 15) is 16.8 Å². The van der Waals surface area contributed by atoms with Crippen molar-refractivity contribution < 1.29 is 16.8 Å². The maximum Gasteiger partial charge on any atom is 0.215 e. The maximum absolute atomic E-state index is 12.2. The van der Waals surface area contributed by atoms with Crippen molar-refractivity contribution >= 4 is 32.5 Å². The highest BCUT2D eigenvalue weighted by atomic mass is 35.5. The SMILES string of the molecule is CCS(=O)(=O)NCCS(=O)(=O)N1CCCC(C(C)N)C1.Cl. The minimum Gasteiger partial charge on any atom is -0.328 e. The van der Waals surface area contributed by atoms with Crippen LogP contribution in [-0.4, -0.2) is 58.3 Å². The van der Waals surface area contributed by atoms with Crippen LogP contribution in [-0.2, 0) is 20.0 Å². The lowest BCUT2D eigenvalue weighted by Gasteiger charge is -2.33. The molecule has 0 radical (unpaired) electrons. The van der Waals surface area contributed by atoms with Crippen molar-refractivity contribution in [2.24, 2.45) is 11.7 Å². The van der Waals surface area contributed by atoms with Crippen LogP contribution in [0.1, 0.15) is 26.7 Å². The monoisotopic (exact) mass is 363 g/mol. The van der Waals surface area contributed by atoms with E-state index in [0.29, 0.717) is 13.1 Å². The van der Waals surface area contributed by atoms with E-state index in [1.54, 1.807) is 0 Å². The Morgan fingerprint density at radius 3 is 2.48 bits per heavy atom. The molecular formula is C11H26ClN3O4S2. The molecular weight excluding hydrogens is 338 g/mol. The number of sulfonamides is 2. The van der Waals surface area contributed by atoms with Crippen LogP contribution in [0.15, 0.2) is 0 Å². The lowest BCUT2D eigenvalue weighted by molar-refractivity contribution is 0.243. The van der Waals surface area contributed by atoms with Gasteiger partial charge in [0.2, 0.25) is 20.0 Å². The second kappa shape index (κ2) is 8.64. The first kappa shape index (κ1) is 21.1. The number of halogens is 1. The zero-order valence-electron chi connectivity index (χ0n) is 12.5. The van der Waals surface area contributed by atoms with E-state index in [4.69, 9.17) is 5.73 Å². The molecule has 2 atom stereocenters. The van der Waals surface area contributed by atoms with E-state index in [-0.39, 0.29) is 42.4 Å². The molecule has 0 aromatic heterocycles. The highest BCUT2D eigenvalue weighted by Gasteiger charge is 2.30. The zero-order valence-corrected chi connectivity index (χ0v) is 14.9. The van der Waals surface area contributed by atoms with Gasteiger partial charge in [0.15, 0.2) is 0 Å². The molecule has 1 fully saturated rings. The van der Waals surface area contributed by atoms with Crippen molar-refractivity contribution in [1.82, 2.24) is 9.03 Å². The van der Waals surface area contributed by atoms with Gasteiger partial charge >= 0.3 is 0 Å². The Balaban J connectivity index is 0.00000400. The fourth-order valence-corrected chi connectivity index (χ4v) is 4.40. The van der Waals surface area contributed by atoms with Crippen LogP contribution < -0.4 is 10.5 Å². The summed E-state index contributed by atoms with van der Waals surface area (Å²) in [4.78, 5) is 0. The molecule has 0 aromatic rings. The van der Waals surface area contributed by atoms with Gasteiger partial charge in [0.25, 0.3) is 0 Å². The van der Waals surface area contributed by atoms with Gasteiger partial charge in [-0.25, -0.2) is 25.9 Å². The molecule has 0 aromatic carbocycles. The van der Waals surface area contributed by atoms with Gasteiger partial charge in [0.1, 0.15) is 0 Å². The van der Waals surface area contributed by atoms with E-state index in [2.05, 4.69) is 4.72 Å². The van der Waals surface area contributed by atoms with Crippen molar-refractivity contribution in [3.05, 3.63) is 0 Å². The van der Waals surface area contributed by atoms with Crippen LogP contribution in [0.3, 0.4) is 0 Å². The smallest absolute Gasteiger partial charge is 0.215 e. The van der Waals surface area contributed by atoms with Crippen LogP contribution in [0.25, 0.3) is 0 Å². The van der Waals surface area contributed by atoms with Crippen LogP contribution in [0.5, 0.6) is 0 Å². The van der Waals surface area contributed by atoms with Gasteiger partial charge in [-0.1, -0.05) is 0 Å². The second-order valence-corrected chi connectivity index (χ2v) is 9.42. The van der Waals surface area contributed by atoms with Crippen molar-refractivity contribution in [3.8, 4) is 0 Å². The molecule has 0 spiro atoms. The average molecular weight is 364 g/mol. The van der Waals surface area contributed by atoms with E-state index in [0.717, 1.165) is 12.8 Å². The summed E-state index contributed by atoms with van der Waals surface area (Å²) in [7, 11) is -6.78. The Morgan fingerprint density at radius 1 is 1.33 bits per heavy atom. The molecule has 1 aliphatic rings. The molecule has 0 amide bonds. The average Bonchev–Trinajstić information content (AvgIpc) is 2.38. The van der Waals surface area contributed by atoms with Crippen LogP contribution >= 0.6 is 12.4 Å². The third kappa shape index (κ3) is 6.79. The molecule has 1 saturated heterocycles. The normalized spacial score (nSPS) is 22.5. The Kier molecular flexibility index (Phi) is 8.67. The van der Waals surface area contributed by atoms with Gasteiger partial charge in [-0.05, 0) is 32.6 Å². The third-order valence-electron chi connectivity index (χ3n) is 3.62. The summed E-state index contributed by atoms with van der Waals surface area (Å²) in [5.41, 5.74) is 5.83. The number of hydrogen-bond donors (Lipinski definition) is 2. The van der Waals surface area contributed by atoms with E-state index in [1.807, 2.05) is 6.92 Å². The molecule has 1 rings (SSSR count). The first-order chi connectivity index (χ1) is 9.18. The quantitative estimate of drug-likeness (QED) is 0.647. The van der Waals surface area contributed by atoms with Gasteiger partial charge < -0.3 is 5.73 Å². The lowest BCUT2D eigenvalue weighted by atomic mass is 9.93. The van der Waals surface area contributed by atoms with Crippen LogP contribution in [0.2, 0.25) is 0 Å². The molecule has 3 N–H and O–H groups in total. The largest absolute Gasteiger partial charge is 0.328 e. The number of nitrogens with two attached hydrogens (primary N) is 1. The standard InChI is InChI=1S/C11H25N3O4S2.ClH/c1-3-19(15,16)13-6-8-20(17,18)14-7-4-5-11(9-14)10(2)12;/h10-11,13H,3-9,12H2,1-2H3;1H. The lowest BCUT2D eigenvalue weighted by Crippen LogP contribution is -2.46. The van der Waals surface area contributed by atoms with Crippen LogP contribution in [0.4, 0.5) is 0 Å². The number of nitrogens with zero attached hydrogens (tertiary/aromatic N) is 1.